The van der Waals surface area contributed by atoms with Gasteiger partial charge in [-0.3, -0.25) is 4.99 Å². The van der Waals surface area contributed by atoms with Gasteiger partial charge < -0.3 is 4.90 Å². The maximum absolute atomic E-state index is 6.43. The fourth-order valence-electron chi connectivity index (χ4n) is 5.02. The minimum atomic E-state index is 0.0794. The lowest BCUT2D eigenvalue weighted by Crippen LogP contribution is -2.47. The van der Waals surface area contributed by atoms with Crippen molar-refractivity contribution in [1.82, 2.24) is 4.90 Å². The molecular formula is C18H23ClN2. The first-order valence-electron chi connectivity index (χ1n) is 8.01. The van der Waals surface area contributed by atoms with Crippen LogP contribution in [0.1, 0.15) is 40.0 Å². The fourth-order valence-corrected chi connectivity index (χ4v) is 5.19. The predicted molar refractivity (Wildman–Crippen MR) is 88.6 cm³/mol. The molecule has 0 aromatic heterocycles. The van der Waals surface area contributed by atoms with E-state index >= 15 is 0 Å². The first kappa shape index (κ1) is 13.6. The molecule has 0 saturated carbocycles. The van der Waals surface area contributed by atoms with Gasteiger partial charge in [-0.2, -0.15) is 0 Å². The smallest absolute Gasteiger partial charge is 0.0746 e. The third kappa shape index (κ3) is 1.57. The van der Waals surface area contributed by atoms with Crippen LogP contribution < -0.4 is 0 Å². The first-order valence-corrected chi connectivity index (χ1v) is 8.38. The molecule has 0 radical (unpaired) electrons. The molecule has 0 spiro atoms. The molecule has 2 heterocycles. The molecule has 21 heavy (non-hydrogen) atoms. The van der Waals surface area contributed by atoms with Crippen molar-refractivity contribution in [3.05, 3.63) is 33.5 Å². The Labute approximate surface area is 132 Å². The number of aliphatic imine (C=N–C) groups is 1. The van der Waals surface area contributed by atoms with Crippen LogP contribution in [-0.2, 0) is 0 Å². The number of allylic oxidation sites excluding steroid dienone is 4. The summed E-state index contributed by atoms with van der Waals surface area (Å²) in [4.78, 5) is 7.37. The molecule has 0 aromatic carbocycles. The van der Waals surface area contributed by atoms with Crippen LogP contribution >= 0.6 is 11.6 Å². The maximum Gasteiger partial charge on any atom is 0.0746 e. The third-order valence-electron chi connectivity index (χ3n) is 6.58. The van der Waals surface area contributed by atoms with Crippen molar-refractivity contribution in [2.75, 3.05) is 13.6 Å². The largest absolute Gasteiger partial charge is 0.374 e. The highest BCUT2D eigenvalue weighted by Gasteiger charge is 2.51. The van der Waals surface area contributed by atoms with Crippen molar-refractivity contribution in [2.45, 2.75) is 46.1 Å². The molecule has 4 rings (SSSR count). The lowest BCUT2D eigenvalue weighted by molar-refractivity contribution is 0.172. The van der Waals surface area contributed by atoms with Crippen LogP contribution in [-0.4, -0.2) is 30.2 Å². The zero-order valence-corrected chi connectivity index (χ0v) is 14.1. The molecule has 0 N–H and O–H groups in total. The highest BCUT2D eigenvalue weighted by Crippen LogP contribution is 2.57. The summed E-state index contributed by atoms with van der Waals surface area (Å²) < 4.78 is 0. The Bertz CT molecular complexity index is 652. The Morgan fingerprint density at radius 3 is 2.90 bits per heavy atom. The van der Waals surface area contributed by atoms with E-state index in [0.29, 0.717) is 18.5 Å². The van der Waals surface area contributed by atoms with Crippen molar-refractivity contribution in [3.8, 4) is 0 Å². The second kappa shape index (κ2) is 4.25. The van der Waals surface area contributed by atoms with E-state index in [1.54, 1.807) is 16.8 Å². The predicted octanol–water partition coefficient (Wildman–Crippen LogP) is 4.29. The molecule has 2 aliphatic carbocycles. The summed E-state index contributed by atoms with van der Waals surface area (Å²) in [7, 11) is 2.28. The van der Waals surface area contributed by atoms with Crippen LogP contribution in [0.2, 0.25) is 0 Å². The van der Waals surface area contributed by atoms with Gasteiger partial charge in [0.2, 0.25) is 0 Å². The van der Waals surface area contributed by atoms with E-state index in [1.807, 2.05) is 0 Å². The topological polar surface area (TPSA) is 15.6 Å². The molecule has 112 valence electrons. The molecule has 3 unspecified atom stereocenters. The van der Waals surface area contributed by atoms with Gasteiger partial charge >= 0.3 is 0 Å². The zero-order valence-electron chi connectivity index (χ0n) is 13.3. The second-order valence-corrected chi connectivity index (χ2v) is 7.67. The zero-order chi connectivity index (χ0) is 14.9. The van der Waals surface area contributed by atoms with Crippen LogP contribution in [0.25, 0.3) is 0 Å². The molecule has 2 nitrogen and oxygen atoms in total. The van der Waals surface area contributed by atoms with Gasteiger partial charge in [0, 0.05) is 34.9 Å². The van der Waals surface area contributed by atoms with Gasteiger partial charge in [-0.15, -0.1) is 0 Å². The number of fused-ring (bicyclic) bond motifs is 1. The number of hydrogen-bond acceptors (Lipinski definition) is 2. The molecule has 3 heteroatoms. The van der Waals surface area contributed by atoms with Gasteiger partial charge in [-0.1, -0.05) is 31.0 Å². The van der Waals surface area contributed by atoms with Crippen molar-refractivity contribution in [1.29, 1.82) is 0 Å². The third-order valence-corrected chi connectivity index (χ3v) is 6.81. The quantitative estimate of drug-likeness (QED) is 0.652. The minimum absolute atomic E-state index is 0.0794. The fraction of sp³-hybridized carbons (Fsp3) is 0.611. The Hall–Kier alpha value is -1.02. The number of nitrogens with zero attached hydrogens (tertiary/aromatic N) is 2. The summed E-state index contributed by atoms with van der Waals surface area (Å²) >= 11 is 6.43. The van der Waals surface area contributed by atoms with Gasteiger partial charge in [0.1, 0.15) is 0 Å². The van der Waals surface area contributed by atoms with Crippen molar-refractivity contribution in [2.24, 2.45) is 16.3 Å². The van der Waals surface area contributed by atoms with Gasteiger partial charge in [-0.05, 0) is 49.3 Å². The van der Waals surface area contributed by atoms with Gasteiger partial charge in [0.05, 0.1) is 6.54 Å². The molecule has 2 aliphatic heterocycles. The Morgan fingerprint density at radius 2 is 2.14 bits per heavy atom. The lowest BCUT2D eigenvalue weighted by Gasteiger charge is -2.47. The van der Waals surface area contributed by atoms with E-state index < -0.39 is 0 Å². The average Bonchev–Trinajstić information content (AvgIpc) is 2.77. The van der Waals surface area contributed by atoms with Crippen molar-refractivity contribution in [3.63, 3.8) is 0 Å². The van der Waals surface area contributed by atoms with Crippen LogP contribution in [0.3, 0.4) is 0 Å². The molecule has 0 amide bonds. The van der Waals surface area contributed by atoms with Gasteiger partial charge in [0.25, 0.3) is 0 Å². The summed E-state index contributed by atoms with van der Waals surface area (Å²) in [5.41, 5.74) is 7.49. The summed E-state index contributed by atoms with van der Waals surface area (Å²) in [5, 5.41) is 0.873. The number of likely N-dealkylation sites (tertiary alicyclic amines) is 1. The van der Waals surface area contributed by atoms with Crippen LogP contribution in [0.4, 0.5) is 0 Å². The normalized spacial score (nSPS) is 38.2. The maximum atomic E-state index is 6.43. The van der Waals surface area contributed by atoms with Crippen molar-refractivity contribution < 1.29 is 0 Å². The molecule has 0 saturated heterocycles. The number of rotatable bonds is 0. The van der Waals surface area contributed by atoms with Crippen LogP contribution in [0, 0.1) is 11.3 Å². The summed E-state index contributed by atoms with van der Waals surface area (Å²) in [6, 6.07) is 0.600. The van der Waals surface area contributed by atoms with Crippen molar-refractivity contribution >= 4 is 17.3 Å². The lowest BCUT2D eigenvalue weighted by atomic mass is 9.63. The Morgan fingerprint density at radius 1 is 1.38 bits per heavy atom. The molecule has 5 bridgehead atoms. The van der Waals surface area contributed by atoms with Gasteiger partial charge in [-0.25, -0.2) is 0 Å². The van der Waals surface area contributed by atoms with Gasteiger partial charge in [0.15, 0.2) is 0 Å². The number of hydrogen-bond donors (Lipinski definition) is 0. The van der Waals surface area contributed by atoms with E-state index in [9.17, 15) is 0 Å². The minimum Gasteiger partial charge on any atom is -0.374 e. The van der Waals surface area contributed by atoms with E-state index in [2.05, 4.69) is 38.8 Å². The van der Waals surface area contributed by atoms with Crippen LogP contribution in [0.15, 0.2) is 38.5 Å². The van der Waals surface area contributed by atoms with Crippen LogP contribution in [0.5, 0.6) is 0 Å². The monoisotopic (exact) mass is 302 g/mol. The summed E-state index contributed by atoms with van der Waals surface area (Å²) in [5.74, 6) is 0.580. The summed E-state index contributed by atoms with van der Waals surface area (Å²) in [6.45, 7) is 7.68. The Kier molecular flexibility index (Phi) is 2.76. The van der Waals surface area contributed by atoms with E-state index in [0.717, 1.165) is 11.5 Å². The first-order chi connectivity index (χ1) is 9.94. The molecule has 0 aromatic rings. The highest BCUT2D eigenvalue weighted by molar-refractivity contribution is 6.30. The molecule has 0 fully saturated rings. The molecule has 3 atom stereocenters. The van der Waals surface area contributed by atoms with E-state index in [4.69, 9.17) is 16.6 Å². The average molecular weight is 303 g/mol. The highest BCUT2D eigenvalue weighted by atomic mass is 35.5. The second-order valence-electron chi connectivity index (χ2n) is 7.18. The Balaban J connectivity index is 2.07. The molecule has 4 aliphatic rings. The number of halogens is 1. The van der Waals surface area contributed by atoms with E-state index in [1.165, 1.54) is 24.1 Å². The van der Waals surface area contributed by atoms with E-state index in [-0.39, 0.29) is 5.41 Å². The molecular weight excluding hydrogens is 280 g/mol. The standard InChI is InChI=1S/C18H23ClN2/c1-10-17-8-14-13-7-12(19)9-20-11(2)18(10,3)15(13)5-6-16(14)21(17)4/h7,10,17H,5-6,8-9H2,1-4H3. The SMILES string of the molecule is CC1=NCC(Cl)=CC2=C3CCC4=C2CC(C(C)C13C)N4C. The summed E-state index contributed by atoms with van der Waals surface area (Å²) in [6.07, 6.45) is 5.73.